The molecule has 2 N–H and O–H groups in total. The Kier molecular flexibility index (Phi) is 5.41. The molecule has 2 rings (SSSR count). The van der Waals surface area contributed by atoms with E-state index in [2.05, 4.69) is 15.7 Å². The van der Waals surface area contributed by atoms with Crippen molar-refractivity contribution in [2.24, 2.45) is 12.5 Å². The lowest BCUT2D eigenvalue weighted by Crippen LogP contribution is -2.48. The van der Waals surface area contributed by atoms with Crippen LogP contribution in [0.3, 0.4) is 0 Å². The fraction of sp³-hybridized carbons (Fsp3) is 0.688. The second-order valence-electron chi connectivity index (χ2n) is 6.57. The van der Waals surface area contributed by atoms with Crippen LogP contribution in [0.1, 0.15) is 37.3 Å². The van der Waals surface area contributed by atoms with E-state index in [1.165, 1.54) is 0 Å². The predicted molar refractivity (Wildman–Crippen MR) is 87.6 cm³/mol. The zero-order valence-electron chi connectivity index (χ0n) is 14.4. The fourth-order valence-electron chi connectivity index (χ4n) is 3.39. The van der Waals surface area contributed by atoms with E-state index in [0.29, 0.717) is 6.54 Å². The second-order valence-corrected chi connectivity index (χ2v) is 6.57. The summed E-state index contributed by atoms with van der Waals surface area (Å²) < 4.78 is 1.67. The Hall–Kier alpha value is -1.89. The summed E-state index contributed by atoms with van der Waals surface area (Å²) in [7, 11) is 7.11. The van der Waals surface area contributed by atoms with Gasteiger partial charge in [0.05, 0.1) is 11.6 Å². The number of hydrogen-bond donors (Lipinski definition) is 2. The van der Waals surface area contributed by atoms with E-state index >= 15 is 0 Å². The number of aromatic nitrogens is 2. The number of nitrogens with zero attached hydrogens (tertiary/aromatic N) is 3. The molecule has 1 heterocycles. The lowest BCUT2D eigenvalue weighted by atomic mass is 9.84. The first-order chi connectivity index (χ1) is 10.9. The highest BCUT2D eigenvalue weighted by Gasteiger charge is 2.42. The Morgan fingerprint density at radius 3 is 2.52 bits per heavy atom. The maximum atomic E-state index is 12.5. The third-order valence-corrected chi connectivity index (χ3v) is 4.63. The standard InChI is InChI=1S/C16H27N5O2/c1-17-13(12-9-19-21(4)10-12)14(22)18-11-16(7-5-6-8-16)15(23)20(2)3/h9-10,13,17H,5-8,11H2,1-4H3,(H,18,22). The normalized spacial score (nSPS) is 17.7. The average molecular weight is 321 g/mol. The number of aryl methyl sites for hydroxylation is 1. The van der Waals surface area contributed by atoms with Crippen LogP contribution >= 0.6 is 0 Å². The fourth-order valence-corrected chi connectivity index (χ4v) is 3.39. The van der Waals surface area contributed by atoms with E-state index in [4.69, 9.17) is 0 Å². The minimum Gasteiger partial charge on any atom is -0.353 e. The molecule has 1 aromatic rings. The Morgan fingerprint density at radius 1 is 1.39 bits per heavy atom. The average Bonchev–Trinajstić information content (AvgIpc) is 3.15. The van der Waals surface area contributed by atoms with Crippen molar-refractivity contribution in [3.63, 3.8) is 0 Å². The van der Waals surface area contributed by atoms with E-state index in [1.54, 1.807) is 36.9 Å². The van der Waals surface area contributed by atoms with Crippen LogP contribution in [0.2, 0.25) is 0 Å². The zero-order chi connectivity index (χ0) is 17.0. The van der Waals surface area contributed by atoms with Gasteiger partial charge in [-0.3, -0.25) is 14.3 Å². The number of carbonyl (C=O) groups excluding carboxylic acids is 2. The summed E-state index contributed by atoms with van der Waals surface area (Å²) in [6.45, 7) is 0.390. The van der Waals surface area contributed by atoms with E-state index in [0.717, 1.165) is 31.2 Å². The van der Waals surface area contributed by atoms with Crippen LogP contribution in [0.4, 0.5) is 0 Å². The highest BCUT2D eigenvalue weighted by molar-refractivity contribution is 5.86. The summed E-state index contributed by atoms with van der Waals surface area (Å²) in [4.78, 5) is 26.7. The molecule has 0 bridgehead atoms. The van der Waals surface area contributed by atoms with Gasteiger partial charge in [-0.05, 0) is 19.9 Å². The highest BCUT2D eigenvalue weighted by Crippen LogP contribution is 2.39. The number of nitrogens with one attached hydrogen (secondary N) is 2. The third-order valence-electron chi connectivity index (χ3n) is 4.63. The van der Waals surface area contributed by atoms with E-state index in [9.17, 15) is 9.59 Å². The summed E-state index contributed by atoms with van der Waals surface area (Å²) in [6.07, 6.45) is 7.23. The van der Waals surface area contributed by atoms with Crippen LogP contribution < -0.4 is 10.6 Å². The number of rotatable bonds is 6. The molecule has 1 atom stereocenters. The largest absolute Gasteiger partial charge is 0.353 e. The first-order valence-electron chi connectivity index (χ1n) is 8.05. The smallest absolute Gasteiger partial charge is 0.241 e. The van der Waals surface area contributed by atoms with Crippen LogP contribution in [0.15, 0.2) is 12.4 Å². The topological polar surface area (TPSA) is 79.3 Å². The van der Waals surface area contributed by atoms with Crippen molar-refractivity contribution in [1.29, 1.82) is 0 Å². The molecule has 1 saturated carbocycles. The lowest BCUT2D eigenvalue weighted by Gasteiger charge is -2.31. The first-order valence-corrected chi connectivity index (χ1v) is 8.05. The molecule has 0 saturated heterocycles. The van der Waals surface area contributed by atoms with Gasteiger partial charge in [-0.25, -0.2) is 0 Å². The molecule has 7 heteroatoms. The van der Waals surface area contributed by atoms with Gasteiger partial charge < -0.3 is 15.5 Å². The molecule has 7 nitrogen and oxygen atoms in total. The molecule has 1 fully saturated rings. The lowest BCUT2D eigenvalue weighted by molar-refractivity contribution is -0.139. The Bertz CT molecular complexity index is 561. The van der Waals surface area contributed by atoms with Crippen molar-refractivity contribution >= 4 is 11.8 Å². The van der Waals surface area contributed by atoms with Gasteiger partial charge in [0.1, 0.15) is 6.04 Å². The summed E-state index contributed by atoms with van der Waals surface area (Å²) in [5.41, 5.74) is 0.360. The molecule has 2 amide bonds. The minimum absolute atomic E-state index is 0.109. The molecule has 0 spiro atoms. The molecule has 0 aromatic carbocycles. The van der Waals surface area contributed by atoms with Crippen LogP contribution in [0.5, 0.6) is 0 Å². The second kappa shape index (κ2) is 7.12. The molecule has 1 unspecified atom stereocenters. The summed E-state index contributed by atoms with van der Waals surface area (Å²) in [5, 5.41) is 10.1. The molecule has 1 aliphatic carbocycles. The van der Waals surface area contributed by atoms with E-state index in [1.807, 2.05) is 13.2 Å². The summed E-state index contributed by atoms with van der Waals surface area (Å²) in [5.74, 6) is -0.0176. The quantitative estimate of drug-likeness (QED) is 0.797. The van der Waals surface area contributed by atoms with Crippen molar-refractivity contribution < 1.29 is 9.59 Å². The predicted octanol–water partition coefficient (Wildman–Crippen LogP) is 0.445. The van der Waals surface area contributed by atoms with Crippen molar-refractivity contribution in [1.82, 2.24) is 25.3 Å². The third kappa shape index (κ3) is 3.72. The number of carbonyl (C=O) groups is 2. The zero-order valence-corrected chi connectivity index (χ0v) is 14.4. The Labute approximate surface area is 137 Å². The molecule has 0 radical (unpaired) electrons. The maximum absolute atomic E-state index is 12.5. The molecular weight excluding hydrogens is 294 g/mol. The SMILES string of the molecule is CNC(C(=O)NCC1(C(=O)N(C)C)CCCC1)c1cnn(C)c1. The van der Waals surface area contributed by atoms with E-state index < -0.39 is 11.5 Å². The molecule has 1 aliphatic rings. The molecule has 128 valence electrons. The van der Waals surface area contributed by atoms with Crippen LogP contribution in [-0.2, 0) is 16.6 Å². The van der Waals surface area contributed by atoms with Crippen molar-refractivity contribution in [3.8, 4) is 0 Å². The van der Waals surface area contributed by atoms with Gasteiger partial charge in [0, 0.05) is 39.4 Å². The number of amides is 2. The van der Waals surface area contributed by atoms with Crippen LogP contribution in [0, 0.1) is 5.41 Å². The van der Waals surface area contributed by atoms with Crippen LogP contribution in [0.25, 0.3) is 0 Å². The van der Waals surface area contributed by atoms with Gasteiger partial charge in [-0.15, -0.1) is 0 Å². The minimum atomic E-state index is -0.461. The summed E-state index contributed by atoms with van der Waals surface area (Å²) in [6, 6.07) is -0.461. The highest BCUT2D eigenvalue weighted by atomic mass is 16.2. The first kappa shape index (κ1) is 17.5. The van der Waals surface area contributed by atoms with Gasteiger partial charge in [0.2, 0.25) is 11.8 Å². The number of likely N-dealkylation sites (N-methyl/N-ethyl adjacent to an activating group) is 1. The van der Waals surface area contributed by atoms with Crippen LogP contribution in [-0.4, -0.2) is 54.2 Å². The van der Waals surface area contributed by atoms with Gasteiger partial charge in [-0.1, -0.05) is 12.8 Å². The van der Waals surface area contributed by atoms with Crippen molar-refractivity contribution in [2.75, 3.05) is 27.7 Å². The molecular formula is C16H27N5O2. The maximum Gasteiger partial charge on any atom is 0.241 e. The van der Waals surface area contributed by atoms with Gasteiger partial charge in [0.25, 0.3) is 0 Å². The van der Waals surface area contributed by atoms with Gasteiger partial charge in [0.15, 0.2) is 0 Å². The Morgan fingerprint density at radius 2 is 2.04 bits per heavy atom. The molecule has 1 aromatic heterocycles. The molecule has 0 aliphatic heterocycles. The number of hydrogen-bond acceptors (Lipinski definition) is 4. The summed E-state index contributed by atoms with van der Waals surface area (Å²) >= 11 is 0. The van der Waals surface area contributed by atoms with Gasteiger partial charge >= 0.3 is 0 Å². The van der Waals surface area contributed by atoms with Crippen molar-refractivity contribution in [3.05, 3.63) is 18.0 Å². The van der Waals surface area contributed by atoms with E-state index in [-0.39, 0.29) is 11.8 Å². The van der Waals surface area contributed by atoms with Crippen molar-refractivity contribution in [2.45, 2.75) is 31.7 Å². The van der Waals surface area contributed by atoms with Gasteiger partial charge in [-0.2, -0.15) is 5.10 Å². The Balaban J connectivity index is 2.05. The monoisotopic (exact) mass is 321 g/mol. The molecule has 23 heavy (non-hydrogen) atoms.